The summed E-state index contributed by atoms with van der Waals surface area (Å²) in [5.41, 5.74) is 0.312. The minimum atomic E-state index is -0.195. The van der Waals surface area contributed by atoms with Crippen molar-refractivity contribution in [3.05, 3.63) is 18.2 Å². The molecule has 17 heavy (non-hydrogen) atoms. The van der Waals surface area contributed by atoms with E-state index in [2.05, 4.69) is 10.3 Å². The minimum Gasteiger partial charge on any atom is -0.396 e. The zero-order chi connectivity index (χ0) is 13.1. The van der Waals surface area contributed by atoms with Gasteiger partial charge < -0.3 is 15.0 Å². The Hall–Kier alpha value is -1.36. The van der Waals surface area contributed by atoms with Crippen LogP contribution in [0.25, 0.3) is 0 Å². The van der Waals surface area contributed by atoms with Gasteiger partial charge in [0, 0.05) is 25.9 Å². The number of hydrogen-bond donors (Lipinski definition) is 2. The molecular formula is C12H21N3O2. The first-order valence-electron chi connectivity index (χ1n) is 5.74. The van der Waals surface area contributed by atoms with Crippen LogP contribution in [0.3, 0.4) is 0 Å². The number of aliphatic hydroxyl groups is 1. The summed E-state index contributed by atoms with van der Waals surface area (Å²) in [5.74, 6) is -0.195. The van der Waals surface area contributed by atoms with Crippen LogP contribution in [0.2, 0.25) is 0 Å². The van der Waals surface area contributed by atoms with Crippen LogP contribution in [0.1, 0.15) is 37.7 Å². The van der Waals surface area contributed by atoms with Gasteiger partial charge in [0.15, 0.2) is 0 Å². The van der Waals surface area contributed by atoms with Crippen molar-refractivity contribution >= 4 is 5.91 Å². The fraction of sp³-hybridized carbons (Fsp3) is 0.667. The summed E-state index contributed by atoms with van der Waals surface area (Å²) in [7, 11) is 1.82. The molecule has 5 nitrogen and oxygen atoms in total. The molecule has 0 saturated heterocycles. The second-order valence-corrected chi connectivity index (χ2v) is 5.33. The fourth-order valence-corrected chi connectivity index (χ4v) is 1.61. The molecule has 1 heterocycles. The number of carbonyl (C=O) groups excluding carboxylic acids is 1. The lowest BCUT2D eigenvalue weighted by atomic mass is 9.85. The molecular weight excluding hydrogens is 218 g/mol. The van der Waals surface area contributed by atoms with Crippen LogP contribution < -0.4 is 5.32 Å². The lowest BCUT2D eigenvalue weighted by Crippen LogP contribution is -2.44. The number of aromatic nitrogens is 2. The molecule has 1 aromatic rings. The highest BCUT2D eigenvalue weighted by Crippen LogP contribution is 2.21. The number of nitrogens with one attached hydrogen (secondary N) is 1. The molecule has 1 unspecified atom stereocenters. The molecule has 0 saturated carbocycles. The third kappa shape index (κ3) is 3.85. The van der Waals surface area contributed by atoms with Crippen LogP contribution in [-0.2, 0) is 7.05 Å². The highest BCUT2D eigenvalue weighted by molar-refractivity contribution is 5.92. The molecule has 5 heteroatoms. The van der Waals surface area contributed by atoms with Gasteiger partial charge in [-0.1, -0.05) is 20.8 Å². The number of aryl methyl sites for hydroxylation is 1. The summed E-state index contributed by atoms with van der Waals surface area (Å²) in [6.45, 7) is 6.16. The molecule has 1 amide bonds. The lowest BCUT2D eigenvalue weighted by Gasteiger charge is -2.30. The second-order valence-electron chi connectivity index (χ2n) is 5.33. The van der Waals surface area contributed by atoms with Gasteiger partial charge in [0.25, 0.3) is 5.91 Å². The Labute approximate surface area is 102 Å². The lowest BCUT2D eigenvalue weighted by molar-refractivity contribution is 0.0880. The van der Waals surface area contributed by atoms with Crippen molar-refractivity contribution in [2.24, 2.45) is 12.5 Å². The van der Waals surface area contributed by atoms with Crippen molar-refractivity contribution in [2.75, 3.05) is 6.61 Å². The van der Waals surface area contributed by atoms with Crippen LogP contribution in [0.15, 0.2) is 12.5 Å². The SMILES string of the molecule is Cn1cnc(C(=O)NC(CCO)C(C)(C)C)c1. The highest BCUT2D eigenvalue weighted by atomic mass is 16.3. The average molecular weight is 239 g/mol. The van der Waals surface area contributed by atoms with Crippen molar-refractivity contribution in [2.45, 2.75) is 33.2 Å². The van der Waals surface area contributed by atoms with Crippen molar-refractivity contribution in [3.8, 4) is 0 Å². The molecule has 0 aliphatic rings. The van der Waals surface area contributed by atoms with Crippen LogP contribution in [-0.4, -0.2) is 33.2 Å². The predicted octanol–water partition coefficient (Wildman–Crippen LogP) is 0.947. The average Bonchev–Trinajstić information content (AvgIpc) is 2.62. The topological polar surface area (TPSA) is 67.2 Å². The Morgan fingerprint density at radius 1 is 1.59 bits per heavy atom. The molecule has 0 aromatic carbocycles. The number of nitrogens with zero attached hydrogens (tertiary/aromatic N) is 2. The number of hydrogen-bond acceptors (Lipinski definition) is 3. The van der Waals surface area contributed by atoms with E-state index in [4.69, 9.17) is 5.11 Å². The maximum absolute atomic E-state index is 11.9. The number of carbonyl (C=O) groups is 1. The van der Waals surface area contributed by atoms with E-state index in [1.807, 2.05) is 27.8 Å². The second kappa shape index (κ2) is 5.31. The van der Waals surface area contributed by atoms with Gasteiger partial charge in [-0.05, 0) is 11.8 Å². The molecule has 0 spiro atoms. The van der Waals surface area contributed by atoms with Gasteiger partial charge in [0.2, 0.25) is 0 Å². The number of amides is 1. The standard InChI is InChI=1S/C12H21N3O2/c1-12(2,3)10(5-6-16)14-11(17)9-7-15(4)8-13-9/h7-8,10,16H,5-6H2,1-4H3,(H,14,17). The Morgan fingerprint density at radius 3 is 2.65 bits per heavy atom. The molecule has 0 radical (unpaired) electrons. The van der Waals surface area contributed by atoms with Gasteiger partial charge in [0.1, 0.15) is 5.69 Å². The van der Waals surface area contributed by atoms with Gasteiger partial charge in [-0.15, -0.1) is 0 Å². The molecule has 0 fully saturated rings. The van der Waals surface area contributed by atoms with Crippen LogP contribution in [0, 0.1) is 5.41 Å². The van der Waals surface area contributed by atoms with E-state index in [0.29, 0.717) is 12.1 Å². The fourth-order valence-electron chi connectivity index (χ4n) is 1.61. The maximum Gasteiger partial charge on any atom is 0.271 e. The maximum atomic E-state index is 11.9. The summed E-state index contributed by atoms with van der Waals surface area (Å²) in [6, 6.07) is -0.0676. The first-order chi connectivity index (χ1) is 7.84. The normalized spacial score (nSPS) is 13.5. The molecule has 0 aliphatic carbocycles. The van der Waals surface area contributed by atoms with E-state index in [9.17, 15) is 4.79 Å². The first kappa shape index (κ1) is 13.7. The summed E-state index contributed by atoms with van der Waals surface area (Å²) >= 11 is 0. The Morgan fingerprint density at radius 2 is 2.24 bits per heavy atom. The van der Waals surface area contributed by atoms with E-state index in [1.165, 1.54) is 0 Å². The first-order valence-corrected chi connectivity index (χ1v) is 5.74. The number of aliphatic hydroxyl groups excluding tert-OH is 1. The molecule has 1 aromatic heterocycles. The van der Waals surface area contributed by atoms with E-state index in [0.717, 1.165) is 0 Å². The summed E-state index contributed by atoms with van der Waals surface area (Å²) in [6.07, 6.45) is 3.81. The quantitative estimate of drug-likeness (QED) is 0.822. The van der Waals surface area contributed by atoms with Gasteiger partial charge >= 0.3 is 0 Å². The predicted molar refractivity (Wildman–Crippen MR) is 65.6 cm³/mol. The van der Waals surface area contributed by atoms with Gasteiger partial charge in [0.05, 0.1) is 6.33 Å². The third-order valence-electron chi connectivity index (χ3n) is 2.71. The number of imidazole rings is 1. The van der Waals surface area contributed by atoms with E-state index >= 15 is 0 Å². The summed E-state index contributed by atoms with van der Waals surface area (Å²) < 4.78 is 1.73. The van der Waals surface area contributed by atoms with E-state index in [1.54, 1.807) is 17.1 Å². The smallest absolute Gasteiger partial charge is 0.271 e. The van der Waals surface area contributed by atoms with Crippen molar-refractivity contribution in [1.82, 2.24) is 14.9 Å². The van der Waals surface area contributed by atoms with Crippen LogP contribution in [0.4, 0.5) is 0 Å². The third-order valence-corrected chi connectivity index (χ3v) is 2.71. The Kier molecular flexibility index (Phi) is 4.28. The highest BCUT2D eigenvalue weighted by Gasteiger charge is 2.26. The van der Waals surface area contributed by atoms with Crippen LogP contribution in [0.5, 0.6) is 0 Å². The Balaban J connectivity index is 2.71. The van der Waals surface area contributed by atoms with Gasteiger partial charge in [-0.25, -0.2) is 4.98 Å². The molecule has 0 bridgehead atoms. The van der Waals surface area contributed by atoms with Crippen LogP contribution >= 0.6 is 0 Å². The number of rotatable bonds is 4. The largest absolute Gasteiger partial charge is 0.396 e. The van der Waals surface area contributed by atoms with Gasteiger partial charge in [-0.3, -0.25) is 4.79 Å². The molecule has 96 valence electrons. The summed E-state index contributed by atoms with van der Waals surface area (Å²) in [4.78, 5) is 15.9. The van der Waals surface area contributed by atoms with Crippen molar-refractivity contribution < 1.29 is 9.90 Å². The minimum absolute atomic E-state index is 0.0600. The zero-order valence-corrected chi connectivity index (χ0v) is 10.9. The summed E-state index contributed by atoms with van der Waals surface area (Å²) in [5, 5.41) is 11.9. The Bertz CT molecular complexity index is 379. The molecule has 0 aliphatic heterocycles. The van der Waals surface area contributed by atoms with E-state index < -0.39 is 0 Å². The van der Waals surface area contributed by atoms with E-state index in [-0.39, 0.29) is 24.0 Å². The monoisotopic (exact) mass is 239 g/mol. The molecule has 1 rings (SSSR count). The molecule has 1 atom stereocenters. The molecule has 2 N–H and O–H groups in total. The van der Waals surface area contributed by atoms with Crippen molar-refractivity contribution in [1.29, 1.82) is 0 Å². The van der Waals surface area contributed by atoms with Gasteiger partial charge in [-0.2, -0.15) is 0 Å². The zero-order valence-electron chi connectivity index (χ0n) is 10.9. The van der Waals surface area contributed by atoms with Crippen molar-refractivity contribution in [3.63, 3.8) is 0 Å².